The van der Waals surface area contributed by atoms with Crippen molar-refractivity contribution in [1.29, 1.82) is 0 Å². The number of nitrogens with zero attached hydrogens (tertiary/aromatic N) is 5. The van der Waals surface area contributed by atoms with Crippen LogP contribution in [0.5, 0.6) is 0 Å². The van der Waals surface area contributed by atoms with Crippen molar-refractivity contribution < 1.29 is 9.72 Å². The van der Waals surface area contributed by atoms with Gasteiger partial charge < -0.3 is 0 Å². The van der Waals surface area contributed by atoms with E-state index >= 15 is 0 Å². The normalized spacial score (nSPS) is 16.7. The number of hydrogen-bond acceptors (Lipinski definition) is 7. The molecule has 27 heavy (non-hydrogen) atoms. The van der Waals surface area contributed by atoms with Crippen molar-refractivity contribution in [2.75, 3.05) is 10.8 Å². The van der Waals surface area contributed by atoms with E-state index in [0.29, 0.717) is 17.0 Å². The summed E-state index contributed by atoms with van der Waals surface area (Å²) in [6, 6.07) is 9.81. The molecule has 9 nitrogen and oxygen atoms in total. The Hall–Kier alpha value is -3.05. The Bertz CT molecular complexity index is 1080. The summed E-state index contributed by atoms with van der Waals surface area (Å²) in [4.78, 5) is 27.4. The van der Waals surface area contributed by atoms with Gasteiger partial charge in [0.1, 0.15) is 5.37 Å². The minimum absolute atomic E-state index is 0.0318. The number of non-ortho nitro benzene ring substituents is 1. The highest BCUT2D eigenvalue weighted by Gasteiger charge is 2.37. The molecule has 1 aromatic carbocycles. The third-order valence-electron chi connectivity index (χ3n) is 3.99. The number of nitro benzene ring substituents is 1. The van der Waals surface area contributed by atoms with Crippen molar-refractivity contribution in [3.05, 3.63) is 69.2 Å². The molecule has 0 saturated carbocycles. The highest BCUT2D eigenvalue weighted by Crippen LogP contribution is 2.39. The number of carbonyl (C=O) groups excluding carboxylic acids is 1. The third kappa shape index (κ3) is 3.11. The minimum atomic E-state index is -0.461. The Labute approximate surface area is 162 Å². The molecule has 1 saturated heterocycles. The number of benzene rings is 1. The Morgan fingerprint density at radius 2 is 2.19 bits per heavy atom. The van der Waals surface area contributed by atoms with E-state index < -0.39 is 10.3 Å². The summed E-state index contributed by atoms with van der Waals surface area (Å²) in [6.45, 7) is 0. The van der Waals surface area contributed by atoms with E-state index in [2.05, 4.69) is 15.2 Å². The lowest BCUT2D eigenvalue weighted by Crippen LogP contribution is -2.38. The first-order chi connectivity index (χ1) is 13.1. The van der Waals surface area contributed by atoms with Crippen LogP contribution in [0.3, 0.4) is 0 Å². The molecule has 1 N–H and O–H groups in total. The van der Waals surface area contributed by atoms with Gasteiger partial charge in [0.25, 0.3) is 11.6 Å². The van der Waals surface area contributed by atoms with Gasteiger partial charge in [-0.25, -0.2) is 14.8 Å². The molecular weight excluding hydrogens is 388 g/mol. The molecule has 0 aliphatic carbocycles. The molecule has 2 aromatic heterocycles. The Balaban J connectivity index is 1.82. The number of nitro groups is 1. The quantitative estimate of drug-likeness (QED) is 0.407. The van der Waals surface area contributed by atoms with Gasteiger partial charge in [-0.2, -0.15) is 5.10 Å². The van der Waals surface area contributed by atoms with E-state index in [1.165, 1.54) is 33.6 Å². The highest BCUT2D eigenvalue weighted by molar-refractivity contribution is 8.00. The van der Waals surface area contributed by atoms with E-state index in [9.17, 15) is 14.9 Å². The molecule has 1 aliphatic rings. The van der Waals surface area contributed by atoms with Crippen LogP contribution in [0.1, 0.15) is 10.9 Å². The molecular formula is C16H12N6O3S2. The fourth-order valence-corrected chi connectivity index (χ4v) is 4.18. The van der Waals surface area contributed by atoms with Crippen LogP contribution in [-0.4, -0.2) is 36.4 Å². The second-order valence-corrected chi connectivity index (χ2v) is 7.11. The SMILES string of the molecule is O=C1CSC(c2cccc([N+](=O)[O-])c2)N1n1c(-c2cccnc2)n[nH]c1=S. The molecule has 1 fully saturated rings. The number of hydrogen-bond donors (Lipinski definition) is 1. The fourth-order valence-electron chi connectivity index (χ4n) is 2.84. The van der Waals surface area contributed by atoms with Crippen LogP contribution >= 0.6 is 24.0 Å². The lowest BCUT2D eigenvalue weighted by atomic mass is 10.2. The largest absolute Gasteiger partial charge is 0.272 e. The molecule has 11 heteroatoms. The zero-order valence-corrected chi connectivity index (χ0v) is 15.3. The number of aromatic nitrogens is 4. The summed E-state index contributed by atoms with van der Waals surface area (Å²) >= 11 is 6.72. The van der Waals surface area contributed by atoms with Crippen LogP contribution in [0.2, 0.25) is 0 Å². The number of nitrogens with one attached hydrogen (secondary N) is 1. The van der Waals surface area contributed by atoms with Gasteiger partial charge in [-0.3, -0.25) is 19.9 Å². The molecule has 0 bridgehead atoms. The first kappa shape index (κ1) is 17.4. The van der Waals surface area contributed by atoms with Crippen molar-refractivity contribution in [2.24, 2.45) is 0 Å². The van der Waals surface area contributed by atoms with Gasteiger partial charge in [0, 0.05) is 30.1 Å². The van der Waals surface area contributed by atoms with Crippen LogP contribution in [0.4, 0.5) is 5.69 Å². The standard InChI is InChI=1S/C16H12N6O3S2/c23-13-9-27-15(10-3-1-5-12(7-10)22(24)25)20(13)21-14(18-19-16(21)26)11-4-2-6-17-8-11/h1-8,15H,9H2,(H,19,26). The lowest BCUT2D eigenvalue weighted by Gasteiger charge is -2.25. The predicted octanol–water partition coefficient (Wildman–Crippen LogP) is 2.82. The van der Waals surface area contributed by atoms with Gasteiger partial charge in [-0.1, -0.05) is 12.1 Å². The fraction of sp³-hybridized carbons (Fsp3) is 0.125. The van der Waals surface area contributed by atoms with E-state index in [1.54, 1.807) is 30.6 Å². The van der Waals surface area contributed by atoms with Crippen LogP contribution in [-0.2, 0) is 4.79 Å². The molecule has 1 unspecified atom stereocenters. The van der Waals surface area contributed by atoms with E-state index in [-0.39, 0.29) is 22.1 Å². The van der Waals surface area contributed by atoms with Crippen molar-refractivity contribution >= 4 is 35.6 Å². The molecule has 1 aliphatic heterocycles. The molecule has 0 radical (unpaired) electrons. The number of amides is 1. The second kappa shape index (κ2) is 6.93. The topological polar surface area (TPSA) is 110 Å². The van der Waals surface area contributed by atoms with E-state index in [4.69, 9.17) is 12.2 Å². The highest BCUT2D eigenvalue weighted by atomic mass is 32.2. The van der Waals surface area contributed by atoms with E-state index in [1.807, 2.05) is 6.07 Å². The smallest absolute Gasteiger partial charge is 0.269 e. The van der Waals surface area contributed by atoms with Gasteiger partial charge in [-0.05, 0) is 29.9 Å². The predicted molar refractivity (Wildman–Crippen MR) is 102 cm³/mol. The molecule has 4 rings (SSSR count). The monoisotopic (exact) mass is 400 g/mol. The number of H-pyrrole nitrogens is 1. The number of thioether (sulfide) groups is 1. The summed E-state index contributed by atoms with van der Waals surface area (Å²) in [5, 5.41) is 19.1. The lowest BCUT2D eigenvalue weighted by molar-refractivity contribution is -0.384. The van der Waals surface area contributed by atoms with Crippen LogP contribution < -0.4 is 5.01 Å². The number of carbonyl (C=O) groups is 1. The van der Waals surface area contributed by atoms with Crippen molar-refractivity contribution in [1.82, 2.24) is 19.9 Å². The third-order valence-corrected chi connectivity index (χ3v) is 5.46. The molecule has 136 valence electrons. The number of rotatable bonds is 4. The Morgan fingerprint density at radius 3 is 2.93 bits per heavy atom. The van der Waals surface area contributed by atoms with Crippen molar-refractivity contribution in [2.45, 2.75) is 5.37 Å². The zero-order chi connectivity index (χ0) is 19.0. The summed E-state index contributed by atoms with van der Waals surface area (Å²) in [7, 11) is 0. The first-order valence-electron chi connectivity index (χ1n) is 7.82. The number of pyridine rings is 1. The summed E-state index contributed by atoms with van der Waals surface area (Å²) in [6.07, 6.45) is 3.26. The molecule has 1 amide bonds. The van der Waals surface area contributed by atoms with Gasteiger partial charge in [-0.15, -0.1) is 11.8 Å². The summed E-state index contributed by atoms with van der Waals surface area (Å²) in [5.74, 6) is 0.505. The molecule has 3 aromatic rings. The van der Waals surface area contributed by atoms with Crippen LogP contribution in [0.25, 0.3) is 11.4 Å². The summed E-state index contributed by atoms with van der Waals surface area (Å²) < 4.78 is 1.78. The number of aromatic amines is 1. The first-order valence-corrected chi connectivity index (χ1v) is 9.28. The second-order valence-electron chi connectivity index (χ2n) is 5.66. The maximum absolute atomic E-state index is 12.7. The average molecular weight is 400 g/mol. The minimum Gasteiger partial charge on any atom is -0.272 e. The van der Waals surface area contributed by atoms with Crippen LogP contribution in [0.15, 0.2) is 48.8 Å². The van der Waals surface area contributed by atoms with Gasteiger partial charge >= 0.3 is 0 Å². The maximum Gasteiger partial charge on any atom is 0.269 e. The Kier molecular flexibility index (Phi) is 4.46. The van der Waals surface area contributed by atoms with Gasteiger partial charge in [0.15, 0.2) is 5.82 Å². The molecule has 3 heterocycles. The molecule has 1 atom stereocenters. The Morgan fingerprint density at radius 1 is 1.33 bits per heavy atom. The van der Waals surface area contributed by atoms with Gasteiger partial charge in [0.2, 0.25) is 4.77 Å². The molecule has 0 spiro atoms. The van der Waals surface area contributed by atoms with Gasteiger partial charge in [0.05, 0.1) is 10.7 Å². The maximum atomic E-state index is 12.7. The van der Waals surface area contributed by atoms with E-state index in [0.717, 1.165) is 0 Å². The van der Waals surface area contributed by atoms with Crippen molar-refractivity contribution in [3.63, 3.8) is 0 Å². The zero-order valence-electron chi connectivity index (χ0n) is 13.7. The average Bonchev–Trinajstić information content (AvgIpc) is 3.24. The van der Waals surface area contributed by atoms with Crippen molar-refractivity contribution in [3.8, 4) is 11.4 Å². The van der Waals surface area contributed by atoms with Crippen LogP contribution in [0, 0.1) is 14.9 Å². The summed E-state index contributed by atoms with van der Waals surface area (Å²) in [5.41, 5.74) is 1.29.